The first-order chi connectivity index (χ1) is 6.61. The minimum Gasteiger partial charge on any atom is -0.496 e. The van der Waals surface area contributed by atoms with Crippen molar-refractivity contribution < 1.29 is 4.74 Å². The van der Waals surface area contributed by atoms with E-state index in [4.69, 9.17) is 10.5 Å². The Kier molecular flexibility index (Phi) is 3.96. The molecule has 78 valence electrons. The summed E-state index contributed by atoms with van der Waals surface area (Å²) in [5.74, 6) is 0.969. The smallest absolute Gasteiger partial charge is 0.125 e. The summed E-state index contributed by atoms with van der Waals surface area (Å²) < 4.78 is 6.51. The fourth-order valence-corrected chi connectivity index (χ4v) is 2.12. The fourth-order valence-electron chi connectivity index (χ4n) is 1.54. The Balaban J connectivity index is 3.28. The maximum absolute atomic E-state index is 5.55. The molecule has 0 unspecified atom stereocenters. The van der Waals surface area contributed by atoms with Gasteiger partial charge in [-0.2, -0.15) is 0 Å². The van der Waals surface area contributed by atoms with Gasteiger partial charge >= 0.3 is 0 Å². The van der Waals surface area contributed by atoms with Crippen LogP contribution in [0.4, 0.5) is 0 Å². The van der Waals surface area contributed by atoms with Gasteiger partial charge in [0.2, 0.25) is 0 Å². The number of nitrogens with two attached hydrogens (primary N) is 1. The molecule has 1 rings (SSSR count). The zero-order valence-electron chi connectivity index (χ0n) is 8.86. The topological polar surface area (TPSA) is 35.2 Å². The van der Waals surface area contributed by atoms with Gasteiger partial charge in [-0.15, -0.1) is 0 Å². The van der Waals surface area contributed by atoms with Gasteiger partial charge in [0.25, 0.3) is 0 Å². The summed E-state index contributed by atoms with van der Waals surface area (Å²) in [5, 5.41) is 0. The van der Waals surface area contributed by atoms with Gasteiger partial charge in [-0.05, 0) is 49.6 Å². The van der Waals surface area contributed by atoms with E-state index in [1.807, 2.05) is 0 Å². The standard InChI is InChI=1S/C11H16BrNO/c1-7-8(2)11(14-3)9(4-5-13)6-10(7)12/h6H,4-5,13H2,1-3H3. The molecular weight excluding hydrogens is 242 g/mol. The quantitative estimate of drug-likeness (QED) is 0.904. The lowest BCUT2D eigenvalue weighted by Gasteiger charge is -2.14. The van der Waals surface area contributed by atoms with Crippen LogP contribution in [0.2, 0.25) is 0 Å². The van der Waals surface area contributed by atoms with Gasteiger partial charge in [0.15, 0.2) is 0 Å². The second kappa shape index (κ2) is 4.80. The van der Waals surface area contributed by atoms with Crippen LogP contribution in [0, 0.1) is 13.8 Å². The first-order valence-electron chi connectivity index (χ1n) is 4.64. The number of methoxy groups -OCH3 is 1. The van der Waals surface area contributed by atoms with Crippen molar-refractivity contribution in [2.75, 3.05) is 13.7 Å². The molecule has 0 amide bonds. The summed E-state index contributed by atoms with van der Waals surface area (Å²) in [6, 6.07) is 2.09. The van der Waals surface area contributed by atoms with Crippen LogP contribution in [0.25, 0.3) is 0 Å². The molecule has 0 aliphatic carbocycles. The number of hydrogen-bond acceptors (Lipinski definition) is 2. The van der Waals surface area contributed by atoms with Crippen molar-refractivity contribution in [3.8, 4) is 5.75 Å². The van der Waals surface area contributed by atoms with Crippen LogP contribution in [0.15, 0.2) is 10.5 Å². The van der Waals surface area contributed by atoms with Crippen molar-refractivity contribution in [3.05, 3.63) is 27.2 Å². The van der Waals surface area contributed by atoms with E-state index in [0.717, 1.165) is 16.6 Å². The van der Waals surface area contributed by atoms with E-state index in [-0.39, 0.29) is 0 Å². The Morgan fingerprint density at radius 2 is 2.00 bits per heavy atom. The molecule has 1 aromatic carbocycles. The SMILES string of the molecule is COc1c(CCN)cc(Br)c(C)c1C. The van der Waals surface area contributed by atoms with E-state index >= 15 is 0 Å². The van der Waals surface area contributed by atoms with Gasteiger partial charge in [-0.1, -0.05) is 15.9 Å². The molecule has 0 saturated heterocycles. The fraction of sp³-hybridized carbons (Fsp3) is 0.455. The number of ether oxygens (including phenoxy) is 1. The van der Waals surface area contributed by atoms with Crippen LogP contribution >= 0.6 is 15.9 Å². The molecule has 1 aromatic rings. The molecule has 0 bridgehead atoms. The predicted octanol–water partition coefficient (Wildman–Crippen LogP) is 2.58. The molecule has 0 aromatic heterocycles. The highest BCUT2D eigenvalue weighted by Gasteiger charge is 2.10. The molecular formula is C11H16BrNO. The van der Waals surface area contributed by atoms with E-state index in [0.29, 0.717) is 6.54 Å². The van der Waals surface area contributed by atoms with Crippen molar-refractivity contribution >= 4 is 15.9 Å². The maximum Gasteiger partial charge on any atom is 0.125 e. The van der Waals surface area contributed by atoms with E-state index in [9.17, 15) is 0 Å². The summed E-state index contributed by atoms with van der Waals surface area (Å²) in [6.07, 6.45) is 0.850. The third-order valence-corrected chi connectivity index (χ3v) is 3.30. The van der Waals surface area contributed by atoms with Crippen LogP contribution in [-0.2, 0) is 6.42 Å². The third-order valence-electron chi connectivity index (χ3n) is 2.47. The molecule has 0 aliphatic rings. The average Bonchev–Trinajstić information content (AvgIpc) is 2.16. The van der Waals surface area contributed by atoms with Crippen LogP contribution in [0.1, 0.15) is 16.7 Å². The van der Waals surface area contributed by atoms with Crippen LogP contribution in [0.5, 0.6) is 5.75 Å². The van der Waals surface area contributed by atoms with Crippen molar-refractivity contribution in [3.63, 3.8) is 0 Å². The molecule has 2 N–H and O–H groups in total. The zero-order valence-corrected chi connectivity index (χ0v) is 10.4. The summed E-state index contributed by atoms with van der Waals surface area (Å²) in [5.41, 5.74) is 9.13. The predicted molar refractivity (Wildman–Crippen MR) is 62.9 cm³/mol. The molecule has 14 heavy (non-hydrogen) atoms. The highest BCUT2D eigenvalue weighted by atomic mass is 79.9. The molecule has 0 heterocycles. The zero-order chi connectivity index (χ0) is 10.7. The van der Waals surface area contributed by atoms with Gasteiger partial charge < -0.3 is 10.5 Å². The molecule has 0 atom stereocenters. The highest BCUT2D eigenvalue weighted by Crippen LogP contribution is 2.31. The van der Waals surface area contributed by atoms with Gasteiger partial charge in [-0.25, -0.2) is 0 Å². The Morgan fingerprint density at radius 1 is 1.36 bits per heavy atom. The first-order valence-corrected chi connectivity index (χ1v) is 5.43. The number of rotatable bonds is 3. The number of benzene rings is 1. The Morgan fingerprint density at radius 3 is 2.50 bits per heavy atom. The summed E-state index contributed by atoms with van der Waals surface area (Å²) >= 11 is 3.53. The first kappa shape index (κ1) is 11.5. The Bertz CT molecular complexity index is 337. The van der Waals surface area contributed by atoms with Crippen molar-refractivity contribution in [2.45, 2.75) is 20.3 Å². The lowest BCUT2D eigenvalue weighted by Crippen LogP contribution is -2.06. The molecule has 0 radical (unpaired) electrons. The van der Waals surface area contributed by atoms with Crippen molar-refractivity contribution in [1.82, 2.24) is 0 Å². The molecule has 0 aliphatic heterocycles. The van der Waals surface area contributed by atoms with Crippen LogP contribution < -0.4 is 10.5 Å². The lowest BCUT2D eigenvalue weighted by atomic mass is 10.0. The van der Waals surface area contributed by atoms with Gasteiger partial charge in [0, 0.05) is 4.47 Å². The number of hydrogen-bond donors (Lipinski definition) is 1. The average molecular weight is 258 g/mol. The van der Waals surface area contributed by atoms with E-state index in [1.54, 1.807) is 7.11 Å². The highest BCUT2D eigenvalue weighted by molar-refractivity contribution is 9.10. The summed E-state index contributed by atoms with van der Waals surface area (Å²) in [6.45, 7) is 4.79. The minimum absolute atomic E-state index is 0.644. The number of halogens is 1. The van der Waals surface area contributed by atoms with E-state index in [1.165, 1.54) is 16.7 Å². The third kappa shape index (κ3) is 2.10. The van der Waals surface area contributed by atoms with Gasteiger partial charge in [-0.3, -0.25) is 0 Å². The monoisotopic (exact) mass is 257 g/mol. The summed E-state index contributed by atoms with van der Waals surface area (Å²) in [7, 11) is 1.70. The second-order valence-electron chi connectivity index (χ2n) is 3.34. The van der Waals surface area contributed by atoms with Gasteiger partial charge in [0.1, 0.15) is 5.75 Å². The van der Waals surface area contributed by atoms with Crippen LogP contribution in [0.3, 0.4) is 0 Å². The Hall–Kier alpha value is -0.540. The maximum atomic E-state index is 5.55. The molecule has 0 saturated carbocycles. The largest absolute Gasteiger partial charge is 0.496 e. The minimum atomic E-state index is 0.644. The lowest BCUT2D eigenvalue weighted by molar-refractivity contribution is 0.406. The molecule has 3 heteroatoms. The van der Waals surface area contributed by atoms with Crippen molar-refractivity contribution in [1.29, 1.82) is 0 Å². The van der Waals surface area contributed by atoms with Gasteiger partial charge in [0.05, 0.1) is 7.11 Å². The molecule has 2 nitrogen and oxygen atoms in total. The van der Waals surface area contributed by atoms with E-state index < -0.39 is 0 Å². The molecule has 0 fully saturated rings. The summed E-state index contributed by atoms with van der Waals surface area (Å²) in [4.78, 5) is 0. The second-order valence-corrected chi connectivity index (χ2v) is 4.19. The van der Waals surface area contributed by atoms with E-state index in [2.05, 4.69) is 35.8 Å². The van der Waals surface area contributed by atoms with Crippen LogP contribution in [-0.4, -0.2) is 13.7 Å². The molecule has 0 spiro atoms. The Labute approximate surface area is 93.6 Å². The van der Waals surface area contributed by atoms with Crippen molar-refractivity contribution in [2.24, 2.45) is 5.73 Å². The normalized spacial score (nSPS) is 10.4.